The Labute approximate surface area is 115 Å². The monoisotopic (exact) mass is 269 g/mol. The minimum Gasteiger partial charge on any atom is -0.373 e. The molecule has 1 saturated carbocycles. The molecule has 3 N–H and O–H groups in total. The summed E-state index contributed by atoms with van der Waals surface area (Å²) in [5.41, 5.74) is 5.12. The molecule has 4 unspecified atom stereocenters. The topological polar surface area (TPSA) is 67.6 Å². The molecular formula is C14H27N3O2. The molecule has 0 aromatic heterocycles. The number of nitrogens with one attached hydrogen (secondary N) is 1. The van der Waals surface area contributed by atoms with E-state index in [1.807, 2.05) is 6.92 Å². The van der Waals surface area contributed by atoms with E-state index in [-0.39, 0.29) is 18.1 Å². The van der Waals surface area contributed by atoms with E-state index < -0.39 is 5.54 Å². The third kappa shape index (κ3) is 3.09. The fourth-order valence-corrected chi connectivity index (χ4v) is 3.66. The Balaban J connectivity index is 2.02. The lowest BCUT2D eigenvalue weighted by molar-refractivity contribution is -0.124. The lowest BCUT2D eigenvalue weighted by Gasteiger charge is -2.39. The van der Waals surface area contributed by atoms with Crippen molar-refractivity contribution in [3.63, 3.8) is 0 Å². The normalized spacial score (nSPS) is 40.5. The van der Waals surface area contributed by atoms with Gasteiger partial charge in [-0.2, -0.15) is 0 Å². The Morgan fingerprint density at radius 3 is 2.58 bits per heavy atom. The molecule has 5 heteroatoms. The van der Waals surface area contributed by atoms with E-state index in [0.29, 0.717) is 6.04 Å². The van der Waals surface area contributed by atoms with Gasteiger partial charge in [-0.05, 0) is 39.7 Å². The maximum atomic E-state index is 11.8. The second kappa shape index (κ2) is 5.77. The first kappa shape index (κ1) is 14.8. The lowest BCUT2D eigenvalue weighted by atomic mass is 9.96. The number of likely N-dealkylation sites (N-methyl/N-ethyl adjacent to an activating group) is 1. The van der Waals surface area contributed by atoms with Crippen molar-refractivity contribution >= 4 is 5.91 Å². The summed E-state index contributed by atoms with van der Waals surface area (Å²) in [6, 6.07) is 0.445. The van der Waals surface area contributed by atoms with E-state index in [0.717, 1.165) is 38.9 Å². The standard InChI is InChI=1S/C14H27N3O2/c1-4-16-14(13(15)18)6-5-12(7-14)17-8-10(2)19-11(3)9-17/h10-12,16H,4-9H2,1-3H3,(H2,15,18). The molecule has 0 spiro atoms. The van der Waals surface area contributed by atoms with E-state index >= 15 is 0 Å². The molecule has 1 heterocycles. The van der Waals surface area contributed by atoms with Gasteiger partial charge in [0.15, 0.2) is 0 Å². The number of carbonyl (C=O) groups excluding carboxylic acids is 1. The zero-order chi connectivity index (χ0) is 14.0. The van der Waals surface area contributed by atoms with Gasteiger partial charge < -0.3 is 15.8 Å². The second-order valence-corrected chi connectivity index (χ2v) is 6.08. The van der Waals surface area contributed by atoms with Crippen LogP contribution in [0, 0.1) is 0 Å². The first-order valence-electron chi connectivity index (χ1n) is 7.41. The summed E-state index contributed by atoms with van der Waals surface area (Å²) < 4.78 is 5.77. The predicted molar refractivity (Wildman–Crippen MR) is 74.8 cm³/mol. The highest BCUT2D eigenvalue weighted by Gasteiger charge is 2.45. The molecule has 1 aliphatic heterocycles. The summed E-state index contributed by atoms with van der Waals surface area (Å²) in [6.45, 7) is 8.95. The number of amides is 1. The van der Waals surface area contributed by atoms with Crippen LogP contribution in [0.1, 0.15) is 40.0 Å². The SMILES string of the molecule is CCNC1(C(N)=O)CCC(N2CC(C)OC(C)C2)C1. The van der Waals surface area contributed by atoms with Crippen molar-refractivity contribution in [1.82, 2.24) is 10.2 Å². The maximum Gasteiger partial charge on any atom is 0.237 e. The van der Waals surface area contributed by atoms with Crippen molar-refractivity contribution in [2.45, 2.75) is 63.8 Å². The van der Waals surface area contributed by atoms with Gasteiger partial charge in [0.2, 0.25) is 5.91 Å². The molecule has 1 saturated heterocycles. The van der Waals surface area contributed by atoms with Gasteiger partial charge in [-0.1, -0.05) is 6.92 Å². The highest BCUT2D eigenvalue weighted by molar-refractivity contribution is 5.85. The lowest BCUT2D eigenvalue weighted by Crippen LogP contribution is -2.55. The molecule has 0 bridgehead atoms. The minimum absolute atomic E-state index is 0.203. The van der Waals surface area contributed by atoms with Crippen LogP contribution in [0.3, 0.4) is 0 Å². The van der Waals surface area contributed by atoms with Gasteiger partial charge in [-0.25, -0.2) is 0 Å². The van der Waals surface area contributed by atoms with Crippen LogP contribution in [0.15, 0.2) is 0 Å². The van der Waals surface area contributed by atoms with E-state index in [2.05, 4.69) is 24.1 Å². The van der Waals surface area contributed by atoms with Gasteiger partial charge in [-0.3, -0.25) is 9.69 Å². The average Bonchev–Trinajstić information content (AvgIpc) is 2.74. The minimum atomic E-state index is -0.496. The Morgan fingerprint density at radius 2 is 2.05 bits per heavy atom. The Kier molecular flexibility index (Phi) is 4.48. The van der Waals surface area contributed by atoms with Crippen molar-refractivity contribution in [3.8, 4) is 0 Å². The predicted octanol–water partition coefficient (Wildman–Crippen LogP) is 0.482. The smallest absolute Gasteiger partial charge is 0.237 e. The van der Waals surface area contributed by atoms with Gasteiger partial charge in [0, 0.05) is 19.1 Å². The third-order valence-electron chi connectivity index (χ3n) is 4.44. The van der Waals surface area contributed by atoms with Gasteiger partial charge >= 0.3 is 0 Å². The zero-order valence-corrected chi connectivity index (χ0v) is 12.3. The molecule has 2 aliphatic rings. The zero-order valence-electron chi connectivity index (χ0n) is 12.3. The van der Waals surface area contributed by atoms with Crippen LogP contribution in [0.5, 0.6) is 0 Å². The van der Waals surface area contributed by atoms with Crippen LogP contribution >= 0.6 is 0 Å². The molecule has 2 rings (SSSR count). The van der Waals surface area contributed by atoms with E-state index in [1.165, 1.54) is 0 Å². The van der Waals surface area contributed by atoms with Gasteiger partial charge in [-0.15, -0.1) is 0 Å². The van der Waals surface area contributed by atoms with Crippen molar-refractivity contribution < 1.29 is 9.53 Å². The fraction of sp³-hybridized carbons (Fsp3) is 0.929. The second-order valence-electron chi connectivity index (χ2n) is 6.08. The number of hydrogen-bond acceptors (Lipinski definition) is 4. The summed E-state index contributed by atoms with van der Waals surface area (Å²) in [5.74, 6) is -0.203. The van der Waals surface area contributed by atoms with Crippen molar-refractivity contribution in [3.05, 3.63) is 0 Å². The number of rotatable bonds is 4. The molecular weight excluding hydrogens is 242 g/mol. The number of hydrogen-bond donors (Lipinski definition) is 2. The van der Waals surface area contributed by atoms with Crippen molar-refractivity contribution in [1.29, 1.82) is 0 Å². The van der Waals surface area contributed by atoms with Crippen LogP contribution in [-0.4, -0.2) is 54.2 Å². The molecule has 4 atom stereocenters. The molecule has 2 fully saturated rings. The average molecular weight is 269 g/mol. The summed E-state index contributed by atoms with van der Waals surface area (Å²) in [7, 11) is 0. The largest absolute Gasteiger partial charge is 0.373 e. The molecule has 1 amide bonds. The highest BCUT2D eigenvalue weighted by atomic mass is 16.5. The number of morpholine rings is 1. The summed E-state index contributed by atoms with van der Waals surface area (Å²) in [6.07, 6.45) is 3.25. The highest BCUT2D eigenvalue weighted by Crippen LogP contribution is 2.34. The van der Waals surface area contributed by atoms with Crippen LogP contribution in [-0.2, 0) is 9.53 Å². The molecule has 5 nitrogen and oxygen atoms in total. The molecule has 110 valence electrons. The molecule has 0 radical (unpaired) electrons. The van der Waals surface area contributed by atoms with Gasteiger partial charge in [0.25, 0.3) is 0 Å². The maximum absolute atomic E-state index is 11.8. The third-order valence-corrected chi connectivity index (χ3v) is 4.44. The van der Waals surface area contributed by atoms with E-state index in [1.54, 1.807) is 0 Å². The van der Waals surface area contributed by atoms with Crippen molar-refractivity contribution in [2.24, 2.45) is 5.73 Å². The number of carbonyl (C=O) groups is 1. The molecule has 0 aromatic rings. The number of primary amides is 1. The number of nitrogens with zero attached hydrogens (tertiary/aromatic N) is 1. The number of nitrogens with two attached hydrogens (primary N) is 1. The fourth-order valence-electron chi connectivity index (χ4n) is 3.66. The van der Waals surface area contributed by atoms with Crippen LogP contribution in [0.25, 0.3) is 0 Å². The summed E-state index contributed by atoms with van der Waals surface area (Å²) in [4.78, 5) is 14.3. The summed E-state index contributed by atoms with van der Waals surface area (Å²) >= 11 is 0. The molecule has 1 aliphatic carbocycles. The Morgan fingerprint density at radius 1 is 1.42 bits per heavy atom. The number of ether oxygens (including phenoxy) is 1. The Hall–Kier alpha value is -0.650. The molecule has 0 aromatic carbocycles. The van der Waals surface area contributed by atoms with Crippen LogP contribution < -0.4 is 11.1 Å². The Bertz CT molecular complexity index is 327. The van der Waals surface area contributed by atoms with E-state index in [9.17, 15) is 4.79 Å². The first-order valence-corrected chi connectivity index (χ1v) is 7.41. The van der Waals surface area contributed by atoms with Crippen LogP contribution in [0.2, 0.25) is 0 Å². The molecule has 19 heavy (non-hydrogen) atoms. The van der Waals surface area contributed by atoms with Crippen molar-refractivity contribution in [2.75, 3.05) is 19.6 Å². The van der Waals surface area contributed by atoms with Gasteiger partial charge in [0.05, 0.1) is 17.7 Å². The quantitative estimate of drug-likeness (QED) is 0.779. The first-order chi connectivity index (χ1) is 8.97. The van der Waals surface area contributed by atoms with Gasteiger partial charge in [0.1, 0.15) is 0 Å². The van der Waals surface area contributed by atoms with Crippen LogP contribution in [0.4, 0.5) is 0 Å². The summed E-state index contributed by atoms with van der Waals surface area (Å²) in [5, 5.41) is 3.32. The van der Waals surface area contributed by atoms with E-state index in [4.69, 9.17) is 10.5 Å².